The maximum absolute atomic E-state index is 12.0. The van der Waals surface area contributed by atoms with Crippen LogP contribution in [0.1, 0.15) is 51.4 Å². The molecular formula is C15H28N2O2. The van der Waals surface area contributed by atoms with E-state index < -0.39 is 0 Å². The monoisotopic (exact) mass is 268 g/mol. The fourth-order valence-corrected chi connectivity index (χ4v) is 3.23. The molecule has 2 fully saturated rings. The smallest absolute Gasteiger partial charge is 0.234 e. The van der Waals surface area contributed by atoms with E-state index in [2.05, 4.69) is 10.2 Å². The van der Waals surface area contributed by atoms with Gasteiger partial charge in [-0.25, -0.2) is 0 Å². The molecule has 4 nitrogen and oxygen atoms in total. The lowest BCUT2D eigenvalue weighted by Gasteiger charge is -2.30. The van der Waals surface area contributed by atoms with Gasteiger partial charge in [-0.05, 0) is 44.7 Å². The number of amides is 1. The molecule has 0 bridgehead atoms. The molecule has 1 aliphatic carbocycles. The van der Waals surface area contributed by atoms with Gasteiger partial charge in [0.2, 0.25) is 5.91 Å². The summed E-state index contributed by atoms with van der Waals surface area (Å²) in [5.41, 5.74) is 0. The Kier molecular flexibility index (Phi) is 6.11. The van der Waals surface area contributed by atoms with Crippen LogP contribution in [0.15, 0.2) is 0 Å². The molecule has 0 atom stereocenters. The number of likely N-dealkylation sites (tertiary alicyclic amines) is 1. The molecule has 0 aromatic rings. The molecule has 0 spiro atoms. The van der Waals surface area contributed by atoms with Crippen LogP contribution in [0.3, 0.4) is 0 Å². The first kappa shape index (κ1) is 14.8. The lowest BCUT2D eigenvalue weighted by atomic mass is 9.98. The van der Waals surface area contributed by atoms with Crippen molar-refractivity contribution in [1.29, 1.82) is 0 Å². The second-order valence-electron chi connectivity index (χ2n) is 6.16. The average molecular weight is 268 g/mol. The molecule has 2 N–H and O–H groups in total. The summed E-state index contributed by atoms with van der Waals surface area (Å²) in [6.07, 6.45) is 9.50. The minimum atomic E-state index is 0.189. The molecule has 1 saturated heterocycles. The highest BCUT2D eigenvalue weighted by molar-refractivity contribution is 5.78. The van der Waals surface area contributed by atoms with E-state index in [1.54, 1.807) is 0 Å². The Hall–Kier alpha value is -0.610. The number of rotatable bonds is 4. The number of carbonyl (C=O) groups excluding carboxylic acids is 1. The van der Waals surface area contributed by atoms with Gasteiger partial charge in [0.1, 0.15) is 0 Å². The molecule has 19 heavy (non-hydrogen) atoms. The molecule has 1 aliphatic heterocycles. The van der Waals surface area contributed by atoms with Crippen LogP contribution in [0.5, 0.6) is 0 Å². The first-order valence-corrected chi connectivity index (χ1v) is 7.90. The number of hydrogen-bond acceptors (Lipinski definition) is 3. The van der Waals surface area contributed by atoms with Crippen molar-refractivity contribution in [2.75, 3.05) is 26.2 Å². The number of nitrogens with zero attached hydrogens (tertiary/aromatic N) is 1. The third-order valence-electron chi connectivity index (χ3n) is 4.55. The molecule has 110 valence electrons. The number of aliphatic hydroxyl groups excluding tert-OH is 1. The fraction of sp³-hybridized carbons (Fsp3) is 0.933. The zero-order chi connectivity index (χ0) is 13.5. The van der Waals surface area contributed by atoms with Crippen molar-refractivity contribution < 1.29 is 9.90 Å². The predicted molar refractivity (Wildman–Crippen MR) is 75.9 cm³/mol. The van der Waals surface area contributed by atoms with E-state index >= 15 is 0 Å². The largest absolute Gasteiger partial charge is 0.396 e. The van der Waals surface area contributed by atoms with Gasteiger partial charge < -0.3 is 10.4 Å². The maximum atomic E-state index is 12.0. The zero-order valence-electron chi connectivity index (χ0n) is 11.9. The van der Waals surface area contributed by atoms with Gasteiger partial charge in [-0.15, -0.1) is 0 Å². The van der Waals surface area contributed by atoms with E-state index in [1.165, 1.54) is 25.7 Å². The zero-order valence-corrected chi connectivity index (χ0v) is 11.9. The van der Waals surface area contributed by atoms with Crippen LogP contribution in [0.2, 0.25) is 0 Å². The minimum absolute atomic E-state index is 0.189. The molecular weight excluding hydrogens is 240 g/mol. The van der Waals surface area contributed by atoms with E-state index in [4.69, 9.17) is 5.11 Å². The van der Waals surface area contributed by atoms with Crippen molar-refractivity contribution >= 4 is 5.91 Å². The Morgan fingerprint density at radius 2 is 1.68 bits per heavy atom. The molecule has 0 aromatic carbocycles. The second-order valence-corrected chi connectivity index (χ2v) is 6.16. The van der Waals surface area contributed by atoms with E-state index in [0.717, 1.165) is 38.8 Å². The highest BCUT2D eigenvalue weighted by Gasteiger charge is 2.21. The molecule has 1 saturated carbocycles. The van der Waals surface area contributed by atoms with Crippen molar-refractivity contribution in [3.05, 3.63) is 0 Å². The predicted octanol–water partition coefficient (Wildman–Crippen LogP) is 1.53. The molecule has 1 heterocycles. The van der Waals surface area contributed by atoms with Crippen LogP contribution in [-0.4, -0.2) is 48.2 Å². The number of piperidine rings is 1. The summed E-state index contributed by atoms with van der Waals surface area (Å²) in [6.45, 7) is 2.73. The topological polar surface area (TPSA) is 52.6 Å². The quantitative estimate of drug-likeness (QED) is 0.760. The van der Waals surface area contributed by atoms with Crippen molar-refractivity contribution in [2.24, 2.45) is 5.92 Å². The van der Waals surface area contributed by atoms with Gasteiger partial charge in [-0.1, -0.05) is 25.7 Å². The van der Waals surface area contributed by atoms with E-state index in [1.807, 2.05) is 0 Å². The summed E-state index contributed by atoms with van der Waals surface area (Å²) < 4.78 is 0. The van der Waals surface area contributed by atoms with E-state index in [0.29, 0.717) is 25.1 Å². The Morgan fingerprint density at radius 3 is 2.26 bits per heavy atom. The van der Waals surface area contributed by atoms with Crippen molar-refractivity contribution in [3.8, 4) is 0 Å². The van der Waals surface area contributed by atoms with Crippen molar-refractivity contribution in [2.45, 2.75) is 57.4 Å². The SMILES string of the molecule is O=C(CN1CCC(CO)CC1)NC1CCCCCC1. The van der Waals surface area contributed by atoms with Gasteiger partial charge in [0.05, 0.1) is 6.54 Å². The van der Waals surface area contributed by atoms with Gasteiger partial charge in [0.15, 0.2) is 0 Å². The first-order chi connectivity index (χ1) is 9.28. The number of hydrogen-bond donors (Lipinski definition) is 2. The third kappa shape index (κ3) is 5.11. The van der Waals surface area contributed by atoms with Gasteiger partial charge in [0, 0.05) is 12.6 Å². The number of carbonyl (C=O) groups is 1. The molecule has 0 unspecified atom stereocenters. The van der Waals surface area contributed by atoms with Crippen LogP contribution in [-0.2, 0) is 4.79 Å². The number of nitrogens with one attached hydrogen (secondary N) is 1. The first-order valence-electron chi connectivity index (χ1n) is 7.90. The summed E-state index contributed by atoms with van der Waals surface area (Å²) in [7, 11) is 0. The van der Waals surface area contributed by atoms with Gasteiger partial charge in [-0.2, -0.15) is 0 Å². The highest BCUT2D eigenvalue weighted by Crippen LogP contribution is 2.18. The van der Waals surface area contributed by atoms with Crippen molar-refractivity contribution in [1.82, 2.24) is 10.2 Å². The molecule has 4 heteroatoms. The van der Waals surface area contributed by atoms with Crippen LogP contribution in [0, 0.1) is 5.92 Å². The summed E-state index contributed by atoms with van der Waals surface area (Å²) >= 11 is 0. The maximum Gasteiger partial charge on any atom is 0.234 e. The summed E-state index contributed by atoms with van der Waals surface area (Å²) in [5.74, 6) is 0.635. The van der Waals surface area contributed by atoms with Gasteiger partial charge in [0.25, 0.3) is 0 Å². The van der Waals surface area contributed by atoms with Crippen LogP contribution in [0.4, 0.5) is 0 Å². The normalized spacial score (nSPS) is 24.1. The van der Waals surface area contributed by atoms with Gasteiger partial charge in [-0.3, -0.25) is 9.69 Å². The lowest BCUT2D eigenvalue weighted by molar-refractivity contribution is -0.123. The molecule has 2 aliphatic rings. The van der Waals surface area contributed by atoms with Crippen molar-refractivity contribution in [3.63, 3.8) is 0 Å². The summed E-state index contributed by atoms with van der Waals surface area (Å²) in [4.78, 5) is 14.3. The second kappa shape index (κ2) is 7.85. The Morgan fingerprint density at radius 1 is 1.05 bits per heavy atom. The summed E-state index contributed by atoms with van der Waals surface area (Å²) in [6, 6.07) is 0.407. The standard InChI is InChI=1S/C15H28N2O2/c18-12-13-7-9-17(10-8-13)11-15(19)16-14-5-3-1-2-4-6-14/h13-14,18H,1-12H2,(H,16,19). The fourth-order valence-electron chi connectivity index (χ4n) is 3.23. The minimum Gasteiger partial charge on any atom is -0.396 e. The highest BCUT2D eigenvalue weighted by atomic mass is 16.3. The number of aliphatic hydroxyl groups is 1. The summed E-state index contributed by atoms with van der Waals surface area (Å²) in [5, 5.41) is 12.3. The third-order valence-corrected chi connectivity index (χ3v) is 4.55. The van der Waals surface area contributed by atoms with Gasteiger partial charge >= 0.3 is 0 Å². The van der Waals surface area contributed by atoms with Crippen LogP contribution >= 0.6 is 0 Å². The Labute approximate surface area is 116 Å². The van der Waals surface area contributed by atoms with Crippen LogP contribution < -0.4 is 5.32 Å². The molecule has 0 aromatic heterocycles. The lowest BCUT2D eigenvalue weighted by Crippen LogP contribution is -2.44. The molecule has 2 rings (SSSR count). The van der Waals surface area contributed by atoms with E-state index in [-0.39, 0.29) is 5.91 Å². The Balaban J connectivity index is 1.66. The Bertz CT molecular complexity index is 267. The molecule has 0 radical (unpaired) electrons. The average Bonchev–Trinajstić information content (AvgIpc) is 2.68. The van der Waals surface area contributed by atoms with E-state index in [9.17, 15) is 4.79 Å². The molecule has 1 amide bonds. The van der Waals surface area contributed by atoms with Crippen LogP contribution in [0.25, 0.3) is 0 Å².